The van der Waals surface area contributed by atoms with Crippen LogP contribution in [0, 0.1) is 0 Å². The largest absolute Gasteiger partial charge is 0.379 e. The first kappa shape index (κ1) is 56.6. The van der Waals surface area contributed by atoms with Crippen LogP contribution in [0.1, 0.15) is 194 Å². The van der Waals surface area contributed by atoms with Gasteiger partial charge >= 0.3 is 0 Å². The van der Waals surface area contributed by atoms with Gasteiger partial charge in [0.1, 0.15) is 0 Å². The van der Waals surface area contributed by atoms with Crippen molar-refractivity contribution in [2.24, 2.45) is 0 Å². The lowest BCUT2D eigenvalue weighted by molar-refractivity contribution is -0.0250. The summed E-state index contributed by atoms with van der Waals surface area (Å²) in [4.78, 5) is 0. The molecule has 344 valence electrons. The number of rotatable bonds is 54. The van der Waals surface area contributed by atoms with Crippen LogP contribution >= 0.6 is 0 Å². The summed E-state index contributed by atoms with van der Waals surface area (Å²) in [6, 6.07) is 0. The van der Waals surface area contributed by atoms with Gasteiger partial charge in [-0.2, -0.15) is 0 Å². The molecule has 0 saturated heterocycles. The van der Waals surface area contributed by atoms with Gasteiger partial charge in [0, 0.05) is 13.2 Å². The highest BCUT2D eigenvalue weighted by Gasteiger charge is 1.99. The average Bonchev–Trinajstić information content (AvgIpc) is 3.22. The Balaban J connectivity index is 3.05. The van der Waals surface area contributed by atoms with Crippen LogP contribution < -0.4 is 0 Å². The van der Waals surface area contributed by atoms with Crippen LogP contribution in [-0.4, -0.2) is 119 Å². The van der Waals surface area contributed by atoms with E-state index in [4.69, 9.17) is 42.6 Å². The van der Waals surface area contributed by atoms with E-state index >= 15 is 0 Å². The highest BCUT2D eigenvalue weighted by Crippen LogP contribution is 2.14. The summed E-state index contributed by atoms with van der Waals surface area (Å²) in [5, 5.41) is 0. The van der Waals surface area contributed by atoms with Gasteiger partial charge in [0.05, 0.1) is 106 Å². The molecule has 0 atom stereocenters. The van der Waals surface area contributed by atoms with E-state index in [1.807, 2.05) is 0 Å². The van der Waals surface area contributed by atoms with Crippen LogP contribution in [-0.2, 0) is 42.6 Å². The van der Waals surface area contributed by atoms with E-state index in [2.05, 4.69) is 13.8 Å². The quantitative estimate of drug-likeness (QED) is 0.0557. The van der Waals surface area contributed by atoms with E-state index in [9.17, 15) is 0 Å². The lowest BCUT2D eigenvalue weighted by Gasteiger charge is -2.09. The summed E-state index contributed by atoms with van der Waals surface area (Å²) in [5.41, 5.74) is 0. The second-order valence-corrected chi connectivity index (χ2v) is 15.7. The SMILES string of the molecule is CCCCCCCCCCCCCCCCOCCOCCOCCOCCOCCOCCOCCOCCOCCCCCCCCCCCCCCCC. The fourth-order valence-electron chi connectivity index (χ4n) is 6.66. The summed E-state index contributed by atoms with van der Waals surface area (Å²) in [6.45, 7) is 15.5. The molecule has 0 aliphatic rings. The Morgan fingerprint density at radius 1 is 0.140 bits per heavy atom. The van der Waals surface area contributed by atoms with Crippen molar-refractivity contribution in [3.63, 3.8) is 0 Å². The molecule has 0 bridgehead atoms. The minimum Gasteiger partial charge on any atom is -0.379 e. The van der Waals surface area contributed by atoms with Crippen LogP contribution in [0.15, 0.2) is 0 Å². The third kappa shape index (κ3) is 55.6. The van der Waals surface area contributed by atoms with Crippen LogP contribution in [0.5, 0.6) is 0 Å². The van der Waals surface area contributed by atoms with Gasteiger partial charge in [-0.3, -0.25) is 0 Å². The van der Waals surface area contributed by atoms with Crippen molar-refractivity contribution in [2.45, 2.75) is 194 Å². The maximum absolute atomic E-state index is 5.70. The smallest absolute Gasteiger partial charge is 0.0701 e. The molecule has 0 aliphatic heterocycles. The maximum Gasteiger partial charge on any atom is 0.0701 e. The summed E-state index contributed by atoms with van der Waals surface area (Å²) >= 11 is 0. The summed E-state index contributed by atoms with van der Waals surface area (Å²) in [7, 11) is 0. The zero-order valence-corrected chi connectivity index (χ0v) is 38.2. The first-order valence-electron chi connectivity index (χ1n) is 24.6. The second kappa shape index (κ2) is 55.6. The fourth-order valence-corrected chi connectivity index (χ4v) is 6.66. The molecule has 0 N–H and O–H groups in total. The van der Waals surface area contributed by atoms with Crippen molar-refractivity contribution in [3.8, 4) is 0 Å². The van der Waals surface area contributed by atoms with Gasteiger partial charge in [-0.05, 0) is 12.8 Å². The summed E-state index contributed by atoms with van der Waals surface area (Å²) in [6.07, 6.45) is 38.6. The second-order valence-electron chi connectivity index (χ2n) is 15.7. The molecule has 9 nitrogen and oxygen atoms in total. The van der Waals surface area contributed by atoms with E-state index < -0.39 is 0 Å². The number of hydrogen-bond acceptors (Lipinski definition) is 9. The summed E-state index contributed by atoms with van der Waals surface area (Å²) in [5.74, 6) is 0. The van der Waals surface area contributed by atoms with Crippen molar-refractivity contribution in [3.05, 3.63) is 0 Å². The molecule has 0 amide bonds. The number of unbranched alkanes of at least 4 members (excludes halogenated alkanes) is 26. The standard InChI is InChI=1S/C48H98O9/c1-3-5-7-9-11-13-15-17-19-21-23-25-27-29-31-49-33-35-51-37-39-53-41-43-55-45-47-57-48-46-56-44-42-54-40-38-52-36-34-50-32-30-28-26-24-22-20-18-16-14-12-10-8-6-4-2/h3-48H2,1-2H3. The molecule has 0 saturated carbocycles. The molecule has 0 radical (unpaired) electrons. The molecule has 0 unspecified atom stereocenters. The average molecular weight is 819 g/mol. The highest BCUT2D eigenvalue weighted by molar-refractivity contribution is 4.51. The van der Waals surface area contributed by atoms with E-state index in [1.54, 1.807) is 0 Å². The van der Waals surface area contributed by atoms with E-state index in [-0.39, 0.29) is 0 Å². The molecule has 0 spiro atoms. The van der Waals surface area contributed by atoms with Gasteiger partial charge in [0.25, 0.3) is 0 Å². The Labute approximate surface area is 354 Å². The molecule has 0 fully saturated rings. The first-order chi connectivity index (χ1) is 28.4. The lowest BCUT2D eigenvalue weighted by atomic mass is 10.0. The molecule has 0 heterocycles. The maximum atomic E-state index is 5.70. The highest BCUT2D eigenvalue weighted by atomic mass is 16.6. The molecule has 0 aromatic heterocycles. The third-order valence-corrected chi connectivity index (χ3v) is 10.3. The topological polar surface area (TPSA) is 83.1 Å². The molecule has 0 aliphatic carbocycles. The van der Waals surface area contributed by atoms with Crippen molar-refractivity contribution < 1.29 is 42.6 Å². The Hall–Kier alpha value is -0.360. The van der Waals surface area contributed by atoms with E-state index in [0.717, 1.165) is 26.1 Å². The minimum atomic E-state index is 0.544. The fraction of sp³-hybridized carbons (Fsp3) is 1.00. The summed E-state index contributed by atoms with van der Waals surface area (Å²) < 4.78 is 50.3. The van der Waals surface area contributed by atoms with Gasteiger partial charge in [-0.1, -0.05) is 181 Å². The first-order valence-corrected chi connectivity index (χ1v) is 24.6. The molecule has 57 heavy (non-hydrogen) atoms. The van der Waals surface area contributed by atoms with E-state index in [0.29, 0.717) is 106 Å². The minimum absolute atomic E-state index is 0.544. The Bertz CT molecular complexity index is 618. The number of hydrogen-bond donors (Lipinski definition) is 0. The molecule has 9 heteroatoms. The Kier molecular flexibility index (Phi) is 55.3. The molecule has 0 aromatic carbocycles. The zero-order valence-electron chi connectivity index (χ0n) is 38.2. The number of ether oxygens (including phenoxy) is 9. The van der Waals surface area contributed by atoms with Crippen molar-refractivity contribution in [1.29, 1.82) is 0 Å². The Morgan fingerprint density at radius 2 is 0.263 bits per heavy atom. The monoisotopic (exact) mass is 819 g/mol. The van der Waals surface area contributed by atoms with Gasteiger partial charge < -0.3 is 42.6 Å². The molecule has 0 rings (SSSR count). The van der Waals surface area contributed by atoms with Gasteiger partial charge in [0.15, 0.2) is 0 Å². The van der Waals surface area contributed by atoms with Crippen LogP contribution in [0.3, 0.4) is 0 Å². The molecular weight excluding hydrogens is 721 g/mol. The predicted octanol–water partition coefficient (Wildman–Crippen LogP) is 12.1. The van der Waals surface area contributed by atoms with Gasteiger partial charge in [-0.15, -0.1) is 0 Å². The zero-order chi connectivity index (χ0) is 40.9. The van der Waals surface area contributed by atoms with Crippen LogP contribution in [0.2, 0.25) is 0 Å². The molecular formula is C48H98O9. The van der Waals surface area contributed by atoms with E-state index in [1.165, 1.54) is 167 Å². The predicted molar refractivity (Wildman–Crippen MR) is 238 cm³/mol. The third-order valence-electron chi connectivity index (χ3n) is 10.3. The normalized spacial score (nSPS) is 11.7. The van der Waals surface area contributed by atoms with Crippen molar-refractivity contribution >= 4 is 0 Å². The lowest BCUT2D eigenvalue weighted by Crippen LogP contribution is -2.15. The molecule has 0 aromatic rings. The van der Waals surface area contributed by atoms with Crippen molar-refractivity contribution in [1.82, 2.24) is 0 Å². The Morgan fingerprint density at radius 3 is 0.421 bits per heavy atom. The van der Waals surface area contributed by atoms with Gasteiger partial charge in [-0.25, -0.2) is 0 Å². The van der Waals surface area contributed by atoms with Crippen molar-refractivity contribution in [2.75, 3.05) is 119 Å². The van der Waals surface area contributed by atoms with Crippen LogP contribution in [0.25, 0.3) is 0 Å². The van der Waals surface area contributed by atoms with Gasteiger partial charge in [0.2, 0.25) is 0 Å². The van der Waals surface area contributed by atoms with Crippen LogP contribution in [0.4, 0.5) is 0 Å².